The van der Waals surface area contributed by atoms with Crippen molar-refractivity contribution in [3.05, 3.63) is 102 Å². The Balaban J connectivity index is 0.000000212. The summed E-state index contributed by atoms with van der Waals surface area (Å²) in [4.78, 5) is 11.1. The van der Waals surface area contributed by atoms with Gasteiger partial charge in [0.15, 0.2) is 0 Å². The molecule has 1 amide bonds. The van der Waals surface area contributed by atoms with Gasteiger partial charge in [0, 0.05) is 12.4 Å². The standard InChI is InChI=1S/C16H15Cl3O2.C12H11NO2/c1-20-13-7-3-11(4-8-13)15(16(17,18)19)12-5-9-14(21-2)10-6-12;1-13-12(14)15-11-8-4-6-9-5-2-3-7-10(9)11/h3-10,15H,1-2H3;2-8H,1H3,(H,13,14). The number of carbonyl (C=O) groups is 1. The number of benzene rings is 4. The van der Waals surface area contributed by atoms with Gasteiger partial charge < -0.3 is 19.5 Å². The quantitative estimate of drug-likeness (QED) is 0.260. The lowest BCUT2D eigenvalue weighted by molar-refractivity contribution is 0.203. The summed E-state index contributed by atoms with van der Waals surface area (Å²) in [7, 11) is 4.77. The molecule has 0 aromatic heterocycles. The number of ether oxygens (including phenoxy) is 3. The van der Waals surface area contributed by atoms with Crippen LogP contribution in [0.5, 0.6) is 17.2 Å². The Hall–Kier alpha value is -3.12. The van der Waals surface area contributed by atoms with Gasteiger partial charge in [-0.25, -0.2) is 4.79 Å². The summed E-state index contributed by atoms with van der Waals surface area (Å²) in [5.41, 5.74) is 1.81. The van der Waals surface area contributed by atoms with Crippen LogP contribution in [-0.2, 0) is 0 Å². The van der Waals surface area contributed by atoms with Gasteiger partial charge in [0.05, 0.1) is 20.1 Å². The first kappa shape index (κ1) is 27.5. The molecular weight excluding hydrogens is 521 g/mol. The molecule has 0 heterocycles. The monoisotopic (exact) mass is 545 g/mol. The Morgan fingerprint density at radius 2 is 1.25 bits per heavy atom. The summed E-state index contributed by atoms with van der Waals surface area (Å²) in [5.74, 6) is 1.72. The lowest BCUT2D eigenvalue weighted by Crippen LogP contribution is -2.22. The summed E-state index contributed by atoms with van der Waals surface area (Å²) in [6.45, 7) is 0. The number of rotatable bonds is 5. The molecule has 1 N–H and O–H groups in total. The first-order valence-electron chi connectivity index (χ1n) is 11.0. The summed E-state index contributed by atoms with van der Waals surface area (Å²) < 4.78 is 14.0. The molecule has 0 aliphatic heterocycles. The third-order valence-corrected chi connectivity index (χ3v) is 6.04. The normalized spacial score (nSPS) is 10.9. The first-order valence-corrected chi connectivity index (χ1v) is 12.1. The van der Waals surface area contributed by atoms with Gasteiger partial charge in [-0.15, -0.1) is 0 Å². The van der Waals surface area contributed by atoms with Crippen LogP contribution in [0.25, 0.3) is 10.8 Å². The van der Waals surface area contributed by atoms with E-state index in [1.807, 2.05) is 84.9 Å². The maximum atomic E-state index is 11.1. The van der Waals surface area contributed by atoms with Crippen LogP contribution in [0.1, 0.15) is 17.0 Å². The number of fused-ring (bicyclic) bond motifs is 1. The van der Waals surface area contributed by atoms with E-state index in [0.717, 1.165) is 33.4 Å². The predicted molar refractivity (Wildman–Crippen MR) is 147 cm³/mol. The van der Waals surface area contributed by atoms with Crippen LogP contribution >= 0.6 is 34.8 Å². The molecule has 0 aliphatic carbocycles. The van der Waals surface area contributed by atoms with Gasteiger partial charge in [-0.3, -0.25) is 0 Å². The number of nitrogens with one attached hydrogen (secondary N) is 1. The van der Waals surface area contributed by atoms with E-state index in [1.54, 1.807) is 20.3 Å². The molecule has 0 spiro atoms. The van der Waals surface area contributed by atoms with Crippen molar-refractivity contribution in [2.45, 2.75) is 9.71 Å². The van der Waals surface area contributed by atoms with Crippen LogP contribution < -0.4 is 19.5 Å². The van der Waals surface area contributed by atoms with Crippen molar-refractivity contribution in [1.82, 2.24) is 5.32 Å². The molecule has 0 fully saturated rings. The Morgan fingerprint density at radius 3 is 1.72 bits per heavy atom. The van der Waals surface area contributed by atoms with Crippen molar-refractivity contribution in [3.8, 4) is 17.2 Å². The number of amides is 1. The highest BCUT2D eigenvalue weighted by molar-refractivity contribution is 6.68. The largest absolute Gasteiger partial charge is 0.497 e. The molecular formula is C28H26Cl3NO4. The van der Waals surface area contributed by atoms with E-state index < -0.39 is 9.89 Å². The molecule has 0 bridgehead atoms. The Morgan fingerprint density at radius 1 is 0.750 bits per heavy atom. The highest BCUT2D eigenvalue weighted by Crippen LogP contribution is 2.46. The fourth-order valence-electron chi connectivity index (χ4n) is 3.60. The van der Waals surface area contributed by atoms with Crippen molar-refractivity contribution in [2.75, 3.05) is 21.3 Å². The van der Waals surface area contributed by atoms with Crippen LogP contribution in [0.3, 0.4) is 0 Å². The fourth-order valence-corrected chi connectivity index (χ4v) is 4.35. The maximum absolute atomic E-state index is 11.1. The predicted octanol–water partition coefficient (Wildman–Crippen LogP) is 7.76. The first-order chi connectivity index (χ1) is 17.3. The van der Waals surface area contributed by atoms with E-state index >= 15 is 0 Å². The lowest BCUT2D eigenvalue weighted by Gasteiger charge is -2.25. The second kappa shape index (κ2) is 12.7. The molecule has 0 radical (unpaired) electrons. The third-order valence-electron chi connectivity index (χ3n) is 5.38. The van der Waals surface area contributed by atoms with Crippen LogP contribution in [0.15, 0.2) is 91.0 Å². The smallest absolute Gasteiger partial charge is 0.412 e. The van der Waals surface area contributed by atoms with Crippen molar-refractivity contribution >= 4 is 51.7 Å². The topological polar surface area (TPSA) is 56.8 Å². The number of methoxy groups -OCH3 is 2. The average Bonchev–Trinajstić information content (AvgIpc) is 2.89. The number of halogens is 3. The van der Waals surface area contributed by atoms with Gasteiger partial charge in [0.2, 0.25) is 3.79 Å². The molecule has 0 saturated carbocycles. The SMILES string of the molecule is CNC(=O)Oc1cccc2ccccc12.COc1ccc(C(c2ccc(OC)cc2)C(Cl)(Cl)Cl)cc1. The van der Waals surface area contributed by atoms with Gasteiger partial charge in [0.25, 0.3) is 0 Å². The summed E-state index contributed by atoms with van der Waals surface area (Å²) in [6, 6.07) is 28.4. The van der Waals surface area contributed by atoms with E-state index in [1.165, 1.54) is 7.05 Å². The second-order valence-corrected chi connectivity index (χ2v) is 10.0. The zero-order valence-corrected chi connectivity index (χ0v) is 22.3. The van der Waals surface area contributed by atoms with Crippen LogP contribution in [0.2, 0.25) is 0 Å². The molecule has 0 atom stereocenters. The van der Waals surface area contributed by atoms with Gasteiger partial charge in [0.1, 0.15) is 17.2 Å². The zero-order chi connectivity index (χ0) is 26.1. The number of hydrogen-bond donors (Lipinski definition) is 1. The maximum Gasteiger partial charge on any atom is 0.412 e. The summed E-state index contributed by atoms with van der Waals surface area (Å²) in [5, 5.41) is 4.41. The number of alkyl halides is 3. The second-order valence-electron chi connectivity index (χ2n) is 7.64. The van der Waals surface area contributed by atoms with E-state index in [0.29, 0.717) is 5.75 Å². The molecule has 5 nitrogen and oxygen atoms in total. The molecule has 4 rings (SSSR count). The highest BCUT2D eigenvalue weighted by Gasteiger charge is 2.35. The van der Waals surface area contributed by atoms with E-state index in [2.05, 4.69) is 5.32 Å². The van der Waals surface area contributed by atoms with Crippen molar-refractivity contribution in [3.63, 3.8) is 0 Å². The molecule has 0 unspecified atom stereocenters. The summed E-state index contributed by atoms with van der Waals surface area (Å²) in [6.07, 6.45) is -0.452. The molecule has 0 aliphatic rings. The van der Waals surface area contributed by atoms with Crippen molar-refractivity contribution < 1.29 is 19.0 Å². The van der Waals surface area contributed by atoms with Crippen LogP contribution in [0, 0.1) is 0 Å². The molecule has 4 aromatic rings. The van der Waals surface area contributed by atoms with Crippen molar-refractivity contribution in [2.24, 2.45) is 0 Å². The number of hydrogen-bond acceptors (Lipinski definition) is 4. The molecule has 4 aromatic carbocycles. The Kier molecular flexibility index (Phi) is 9.71. The van der Waals surface area contributed by atoms with Gasteiger partial charge in [-0.2, -0.15) is 0 Å². The molecule has 0 saturated heterocycles. The number of carbonyl (C=O) groups excluding carboxylic acids is 1. The molecule has 188 valence electrons. The molecule has 8 heteroatoms. The van der Waals surface area contributed by atoms with E-state index in [-0.39, 0.29) is 5.92 Å². The van der Waals surface area contributed by atoms with E-state index in [4.69, 9.17) is 49.0 Å². The Labute approximate surface area is 225 Å². The van der Waals surface area contributed by atoms with E-state index in [9.17, 15) is 4.79 Å². The third kappa shape index (κ3) is 7.20. The average molecular weight is 547 g/mol. The van der Waals surface area contributed by atoms with Crippen LogP contribution in [0.4, 0.5) is 4.79 Å². The minimum absolute atomic E-state index is 0.376. The van der Waals surface area contributed by atoms with Gasteiger partial charge in [-0.1, -0.05) is 95.5 Å². The highest BCUT2D eigenvalue weighted by atomic mass is 35.6. The minimum Gasteiger partial charge on any atom is -0.497 e. The van der Waals surface area contributed by atoms with Crippen LogP contribution in [-0.4, -0.2) is 31.2 Å². The van der Waals surface area contributed by atoms with Gasteiger partial charge >= 0.3 is 6.09 Å². The Bertz CT molecular complexity index is 1220. The molecule has 36 heavy (non-hydrogen) atoms. The summed E-state index contributed by atoms with van der Waals surface area (Å²) >= 11 is 18.6. The zero-order valence-electron chi connectivity index (χ0n) is 20.0. The fraction of sp³-hybridized carbons (Fsp3) is 0.179. The minimum atomic E-state index is -1.46. The van der Waals surface area contributed by atoms with Crippen molar-refractivity contribution in [1.29, 1.82) is 0 Å². The van der Waals surface area contributed by atoms with Gasteiger partial charge in [-0.05, 0) is 46.8 Å². The lowest BCUT2D eigenvalue weighted by atomic mass is 9.92.